The molecule has 0 unspecified atom stereocenters. The molecule has 2 N–H and O–H groups in total. The predicted octanol–water partition coefficient (Wildman–Crippen LogP) is 2.15. The Morgan fingerprint density at radius 3 is 2.52 bits per heavy atom. The van der Waals surface area contributed by atoms with E-state index in [4.69, 9.17) is 22.1 Å². The van der Waals surface area contributed by atoms with Gasteiger partial charge in [-0.25, -0.2) is 8.42 Å². The highest BCUT2D eigenvalue weighted by molar-refractivity contribution is 7.89. The third kappa shape index (κ3) is 4.40. The van der Waals surface area contributed by atoms with Gasteiger partial charge >= 0.3 is 0 Å². The number of halogens is 1. The smallest absolute Gasteiger partial charge is 0.243 e. The molecule has 1 aromatic carbocycles. The number of hydrogen-bond acceptors (Lipinski definition) is 4. The molecule has 0 aliphatic rings. The van der Waals surface area contributed by atoms with Crippen LogP contribution in [0.5, 0.6) is 0 Å². The van der Waals surface area contributed by atoms with Gasteiger partial charge in [0, 0.05) is 31.3 Å². The Morgan fingerprint density at radius 1 is 1.33 bits per heavy atom. The molecule has 0 fully saturated rings. The summed E-state index contributed by atoms with van der Waals surface area (Å²) in [7, 11) is -3.60. The molecule has 0 atom stereocenters. The SMILES string of the molecule is CCOCCN(CC)S(=O)(=O)c1cc(Cl)cc(CN)c1C. The Balaban J connectivity index is 3.19. The average molecular weight is 335 g/mol. The monoisotopic (exact) mass is 334 g/mol. The highest BCUT2D eigenvalue weighted by atomic mass is 35.5. The molecule has 120 valence electrons. The van der Waals surface area contributed by atoms with E-state index in [1.165, 1.54) is 10.4 Å². The van der Waals surface area contributed by atoms with Gasteiger partial charge in [0.2, 0.25) is 10.0 Å². The first-order valence-corrected chi connectivity index (χ1v) is 8.77. The number of likely N-dealkylation sites (N-methyl/N-ethyl adjacent to an activating group) is 1. The second-order valence-electron chi connectivity index (χ2n) is 4.59. The number of sulfonamides is 1. The van der Waals surface area contributed by atoms with Crippen LogP contribution in [0.15, 0.2) is 17.0 Å². The van der Waals surface area contributed by atoms with Crippen LogP contribution in [0.1, 0.15) is 25.0 Å². The number of ether oxygens (including phenoxy) is 1. The largest absolute Gasteiger partial charge is 0.380 e. The summed E-state index contributed by atoms with van der Waals surface area (Å²) in [5.74, 6) is 0. The molecule has 0 amide bonds. The van der Waals surface area contributed by atoms with Crippen molar-refractivity contribution in [2.24, 2.45) is 5.73 Å². The lowest BCUT2D eigenvalue weighted by Gasteiger charge is -2.22. The fourth-order valence-electron chi connectivity index (χ4n) is 2.09. The van der Waals surface area contributed by atoms with Gasteiger partial charge in [-0.2, -0.15) is 4.31 Å². The van der Waals surface area contributed by atoms with E-state index >= 15 is 0 Å². The Hall–Kier alpha value is -0.660. The Labute approximate surface area is 132 Å². The van der Waals surface area contributed by atoms with E-state index < -0.39 is 10.0 Å². The van der Waals surface area contributed by atoms with E-state index in [1.54, 1.807) is 19.9 Å². The first kappa shape index (κ1) is 18.4. The molecule has 21 heavy (non-hydrogen) atoms. The van der Waals surface area contributed by atoms with Gasteiger partial charge in [-0.15, -0.1) is 0 Å². The summed E-state index contributed by atoms with van der Waals surface area (Å²) in [5.41, 5.74) is 7.04. The van der Waals surface area contributed by atoms with Gasteiger partial charge in [-0.3, -0.25) is 0 Å². The van der Waals surface area contributed by atoms with Crippen molar-refractivity contribution in [2.45, 2.75) is 32.2 Å². The standard InChI is InChI=1S/C14H23ClN2O3S/c1-4-17(6-7-20-5-2)21(18,19)14-9-13(15)8-12(10-16)11(14)3/h8-9H,4-7,10,16H2,1-3H3. The van der Waals surface area contributed by atoms with Crippen molar-refractivity contribution in [3.8, 4) is 0 Å². The highest BCUT2D eigenvalue weighted by Crippen LogP contribution is 2.26. The molecule has 1 aromatic rings. The van der Waals surface area contributed by atoms with Gasteiger partial charge in [0.15, 0.2) is 0 Å². The number of benzene rings is 1. The van der Waals surface area contributed by atoms with E-state index in [-0.39, 0.29) is 11.4 Å². The van der Waals surface area contributed by atoms with Crippen molar-refractivity contribution in [2.75, 3.05) is 26.3 Å². The number of nitrogens with two attached hydrogens (primary N) is 1. The summed E-state index contributed by atoms with van der Waals surface area (Å²) in [6.45, 7) is 7.29. The molecule has 0 saturated carbocycles. The summed E-state index contributed by atoms with van der Waals surface area (Å²) in [6, 6.07) is 3.18. The molecular formula is C14H23ClN2O3S. The summed E-state index contributed by atoms with van der Waals surface area (Å²) < 4.78 is 32.2. The third-order valence-corrected chi connectivity index (χ3v) is 5.63. The maximum absolute atomic E-state index is 12.8. The molecule has 5 nitrogen and oxygen atoms in total. The second kappa shape index (κ2) is 8.10. The van der Waals surface area contributed by atoms with Crippen LogP contribution < -0.4 is 5.73 Å². The Morgan fingerprint density at radius 2 is 2.00 bits per heavy atom. The van der Waals surface area contributed by atoms with Gasteiger partial charge in [0.25, 0.3) is 0 Å². The van der Waals surface area contributed by atoms with Crippen molar-refractivity contribution in [3.05, 3.63) is 28.3 Å². The lowest BCUT2D eigenvalue weighted by molar-refractivity contribution is 0.135. The van der Waals surface area contributed by atoms with E-state index in [2.05, 4.69) is 0 Å². The van der Waals surface area contributed by atoms with E-state index in [0.29, 0.717) is 36.9 Å². The quantitative estimate of drug-likeness (QED) is 0.739. The second-order valence-corrected chi connectivity index (χ2v) is 6.93. The summed E-state index contributed by atoms with van der Waals surface area (Å²) in [5, 5.41) is 0.375. The van der Waals surface area contributed by atoms with Crippen LogP contribution in [-0.4, -0.2) is 39.0 Å². The molecule has 0 aliphatic heterocycles. The van der Waals surface area contributed by atoms with Crippen LogP contribution in [-0.2, 0) is 21.3 Å². The van der Waals surface area contributed by atoms with Gasteiger partial charge < -0.3 is 10.5 Å². The maximum Gasteiger partial charge on any atom is 0.243 e. The highest BCUT2D eigenvalue weighted by Gasteiger charge is 2.26. The summed E-state index contributed by atoms with van der Waals surface area (Å²) in [4.78, 5) is 0.216. The lowest BCUT2D eigenvalue weighted by Crippen LogP contribution is -2.34. The van der Waals surface area contributed by atoms with Gasteiger partial charge in [0.05, 0.1) is 11.5 Å². The zero-order valence-corrected chi connectivity index (χ0v) is 14.3. The van der Waals surface area contributed by atoms with Crippen molar-refractivity contribution in [1.82, 2.24) is 4.31 Å². The number of nitrogens with zero attached hydrogens (tertiary/aromatic N) is 1. The molecule has 0 spiro atoms. The Bertz CT molecular complexity index is 576. The normalized spacial score (nSPS) is 12.1. The van der Waals surface area contributed by atoms with Crippen LogP contribution in [0.4, 0.5) is 0 Å². The van der Waals surface area contributed by atoms with Crippen molar-refractivity contribution in [1.29, 1.82) is 0 Å². The molecular weight excluding hydrogens is 312 g/mol. The van der Waals surface area contributed by atoms with E-state index in [0.717, 1.165) is 5.56 Å². The van der Waals surface area contributed by atoms with E-state index in [1.807, 2.05) is 6.92 Å². The molecule has 0 bridgehead atoms. The zero-order chi connectivity index (χ0) is 16.0. The minimum atomic E-state index is -3.60. The van der Waals surface area contributed by atoms with Gasteiger partial charge in [0.1, 0.15) is 0 Å². The van der Waals surface area contributed by atoms with Crippen molar-refractivity contribution >= 4 is 21.6 Å². The minimum Gasteiger partial charge on any atom is -0.380 e. The van der Waals surface area contributed by atoms with Gasteiger partial charge in [-0.1, -0.05) is 18.5 Å². The first-order valence-electron chi connectivity index (χ1n) is 6.95. The van der Waals surface area contributed by atoms with Crippen molar-refractivity contribution in [3.63, 3.8) is 0 Å². The average Bonchev–Trinajstić information content (AvgIpc) is 2.45. The fourth-order valence-corrected chi connectivity index (χ4v) is 4.12. The first-order chi connectivity index (χ1) is 9.88. The molecule has 0 saturated heterocycles. The molecule has 0 aliphatic carbocycles. The lowest BCUT2D eigenvalue weighted by atomic mass is 10.1. The van der Waals surface area contributed by atoms with Crippen LogP contribution in [0.25, 0.3) is 0 Å². The Kier molecular flexibility index (Phi) is 7.09. The van der Waals surface area contributed by atoms with Gasteiger partial charge in [-0.05, 0) is 37.1 Å². The minimum absolute atomic E-state index is 0.216. The number of rotatable bonds is 8. The van der Waals surface area contributed by atoms with Crippen LogP contribution in [0, 0.1) is 6.92 Å². The molecule has 0 heterocycles. The molecule has 7 heteroatoms. The zero-order valence-electron chi connectivity index (χ0n) is 12.7. The molecule has 1 rings (SSSR count). The van der Waals surface area contributed by atoms with Crippen LogP contribution >= 0.6 is 11.6 Å². The van der Waals surface area contributed by atoms with Crippen LogP contribution in [0.3, 0.4) is 0 Å². The summed E-state index contributed by atoms with van der Waals surface area (Å²) in [6.07, 6.45) is 0. The molecule has 0 aromatic heterocycles. The predicted molar refractivity (Wildman–Crippen MR) is 85.0 cm³/mol. The van der Waals surface area contributed by atoms with Crippen LogP contribution in [0.2, 0.25) is 5.02 Å². The molecule has 0 radical (unpaired) electrons. The van der Waals surface area contributed by atoms with Crippen molar-refractivity contribution < 1.29 is 13.2 Å². The fraction of sp³-hybridized carbons (Fsp3) is 0.571. The summed E-state index contributed by atoms with van der Waals surface area (Å²) >= 11 is 6.02. The van der Waals surface area contributed by atoms with E-state index in [9.17, 15) is 8.42 Å². The number of hydrogen-bond donors (Lipinski definition) is 1. The third-order valence-electron chi connectivity index (χ3n) is 3.31. The topological polar surface area (TPSA) is 72.6 Å². The maximum atomic E-state index is 12.8.